The molecular weight excluding hydrogens is 428 g/mol. The number of benzene rings is 2. The molecule has 1 aromatic heterocycles. The Balaban J connectivity index is 1.52. The number of nitrogens with zero attached hydrogens (tertiary/aromatic N) is 3. The zero-order valence-corrected chi connectivity index (χ0v) is 18.1. The third-order valence-corrected chi connectivity index (χ3v) is 6.36. The molecule has 2 N–H and O–H groups in total. The van der Waals surface area contributed by atoms with Crippen molar-refractivity contribution in [2.24, 2.45) is 0 Å². The van der Waals surface area contributed by atoms with Gasteiger partial charge in [-0.15, -0.1) is 0 Å². The summed E-state index contributed by atoms with van der Waals surface area (Å²) in [4.78, 5) is 35.2. The number of halogens is 2. The van der Waals surface area contributed by atoms with Crippen LogP contribution in [0.3, 0.4) is 0 Å². The Morgan fingerprint density at radius 3 is 2.36 bits per heavy atom. The van der Waals surface area contributed by atoms with Gasteiger partial charge in [-0.2, -0.15) is 0 Å². The first kappa shape index (κ1) is 21.0. The Hall–Kier alpha value is -3.88. The van der Waals surface area contributed by atoms with Crippen molar-refractivity contribution in [3.63, 3.8) is 0 Å². The van der Waals surface area contributed by atoms with Gasteiger partial charge in [0.15, 0.2) is 5.82 Å². The third-order valence-electron chi connectivity index (χ3n) is 6.36. The second kappa shape index (κ2) is 7.61. The number of likely N-dealkylation sites (tertiary alicyclic amines) is 1. The Kier molecular flexibility index (Phi) is 4.84. The summed E-state index contributed by atoms with van der Waals surface area (Å²) in [5.41, 5.74) is 1.16. The van der Waals surface area contributed by atoms with Gasteiger partial charge >= 0.3 is 0 Å². The summed E-state index contributed by atoms with van der Waals surface area (Å²) >= 11 is 0. The van der Waals surface area contributed by atoms with E-state index in [1.807, 2.05) is 19.1 Å². The fraction of sp³-hybridized carbons (Fsp3) is 0.250. The van der Waals surface area contributed by atoms with E-state index in [9.17, 15) is 18.4 Å². The summed E-state index contributed by atoms with van der Waals surface area (Å²) in [5.74, 6) is -1.86. The van der Waals surface area contributed by atoms with Crippen LogP contribution in [0.4, 0.5) is 20.3 Å². The van der Waals surface area contributed by atoms with Gasteiger partial charge < -0.3 is 15.5 Å². The van der Waals surface area contributed by atoms with Crippen LogP contribution in [-0.4, -0.2) is 40.3 Å². The van der Waals surface area contributed by atoms with Crippen LogP contribution in [-0.2, 0) is 16.8 Å². The third kappa shape index (κ3) is 3.40. The van der Waals surface area contributed by atoms with Crippen molar-refractivity contribution >= 4 is 23.3 Å². The molecule has 2 aliphatic rings. The highest BCUT2D eigenvalue weighted by atomic mass is 19.1. The second-order valence-electron chi connectivity index (χ2n) is 8.51. The van der Waals surface area contributed by atoms with Crippen LogP contribution in [0.1, 0.15) is 35.0 Å². The van der Waals surface area contributed by atoms with E-state index >= 15 is 0 Å². The van der Waals surface area contributed by atoms with Crippen LogP contribution in [0.15, 0.2) is 42.5 Å². The molecule has 0 unspecified atom stereocenters. The van der Waals surface area contributed by atoms with Crippen molar-refractivity contribution in [1.82, 2.24) is 20.2 Å². The number of hydrogen-bond donors (Lipinski definition) is 2. The summed E-state index contributed by atoms with van der Waals surface area (Å²) in [6, 6.07) is 10.8. The fourth-order valence-corrected chi connectivity index (χ4v) is 4.39. The first-order chi connectivity index (χ1) is 15.8. The van der Waals surface area contributed by atoms with Crippen molar-refractivity contribution < 1.29 is 18.4 Å². The van der Waals surface area contributed by atoms with E-state index in [-0.39, 0.29) is 41.1 Å². The number of nitrogens with one attached hydrogen (secondary N) is 2. The molecule has 1 atom stereocenters. The Morgan fingerprint density at radius 2 is 1.73 bits per heavy atom. The van der Waals surface area contributed by atoms with Gasteiger partial charge in [-0.05, 0) is 43.2 Å². The number of carbonyl (C=O) groups is 2. The summed E-state index contributed by atoms with van der Waals surface area (Å²) in [6.45, 7) is 2.77. The summed E-state index contributed by atoms with van der Waals surface area (Å²) < 4.78 is 28.7. The Morgan fingerprint density at radius 1 is 1.03 bits per heavy atom. The largest absolute Gasteiger partial charge is 0.346 e. The van der Waals surface area contributed by atoms with Crippen molar-refractivity contribution in [1.29, 1.82) is 0 Å². The quantitative estimate of drug-likeness (QED) is 0.637. The lowest BCUT2D eigenvalue weighted by Gasteiger charge is -2.23. The predicted octanol–water partition coefficient (Wildman–Crippen LogP) is 3.53. The van der Waals surface area contributed by atoms with Crippen molar-refractivity contribution in [2.75, 3.05) is 18.9 Å². The topological polar surface area (TPSA) is 87.2 Å². The minimum Gasteiger partial charge on any atom is -0.346 e. The van der Waals surface area contributed by atoms with Gasteiger partial charge in [-0.25, -0.2) is 18.7 Å². The lowest BCUT2D eigenvalue weighted by Crippen LogP contribution is -2.33. The van der Waals surface area contributed by atoms with E-state index in [1.165, 1.54) is 6.07 Å². The first-order valence-electron chi connectivity index (χ1n) is 10.5. The predicted molar refractivity (Wildman–Crippen MR) is 118 cm³/mol. The van der Waals surface area contributed by atoms with E-state index < -0.39 is 17.0 Å². The molecule has 1 saturated heterocycles. The summed E-state index contributed by atoms with van der Waals surface area (Å²) in [6.07, 6.45) is 0.728. The zero-order valence-electron chi connectivity index (χ0n) is 18.1. The molecule has 2 aliphatic heterocycles. The lowest BCUT2D eigenvalue weighted by molar-refractivity contribution is -0.130. The number of anilines is 2. The highest BCUT2D eigenvalue weighted by molar-refractivity contribution is 6.03. The molecule has 3 aromatic rings. The smallest absolute Gasteiger partial charge is 0.257 e. The monoisotopic (exact) mass is 449 g/mol. The van der Waals surface area contributed by atoms with E-state index in [0.717, 1.165) is 24.1 Å². The number of carbonyl (C=O) groups excluding carboxylic acids is 2. The van der Waals surface area contributed by atoms with Gasteiger partial charge in [0, 0.05) is 19.3 Å². The average molecular weight is 449 g/mol. The number of aromatic nitrogens is 2. The van der Waals surface area contributed by atoms with Crippen LogP contribution in [0.25, 0.3) is 11.4 Å². The normalized spacial score (nSPS) is 19.6. The maximum atomic E-state index is 14.4. The molecule has 7 nitrogen and oxygen atoms in total. The molecule has 168 valence electrons. The lowest BCUT2D eigenvalue weighted by atomic mass is 9.81. The highest BCUT2D eigenvalue weighted by Crippen LogP contribution is 2.36. The molecule has 1 fully saturated rings. The summed E-state index contributed by atoms with van der Waals surface area (Å²) in [7, 11) is 1.79. The van der Waals surface area contributed by atoms with Crippen LogP contribution < -0.4 is 10.6 Å². The maximum Gasteiger partial charge on any atom is 0.257 e. The molecular formula is C24H21F2N5O2. The molecule has 9 heteroatoms. The van der Waals surface area contributed by atoms with E-state index in [2.05, 4.69) is 20.6 Å². The molecule has 2 amide bonds. The molecule has 0 aliphatic carbocycles. The number of likely N-dealkylation sites (N-methyl/N-ethyl adjacent to an activating group) is 1. The van der Waals surface area contributed by atoms with Gasteiger partial charge in [0.05, 0.1) is 23.2 Å². The van der Waals surface area contributed by atoms with Crippen LogP contribution in [0.2, 0.25) is 0 Å². The van der Waals surface area contributed by atoms with Gasteiger partial charge in [0.2, 0.25) is 5.91 Å². The zero-order chi connectivity index (χ0) is 23.3. The second-order valence-corrected chi connectivity index (χ2v) is 8.51. The molecule has 0 radical (unpaired) electrons. The fourth-order valence-electron chi connectivity index (χ4n) is 4.39. The van der Waals surface area contributed by atoms with Crippen molar-refractivity contribution in [3.8, 4) is 11.4 Å². The van der Waals surface area contributed by atoms with E-state index in [4.69, 9.17) is 0 Å². The van der Waals surface area contributed by atoms with Crippen molar-refractivity contribution in [3.05, 3.63) is 70.9 Å². The molecule has 2 aromatic carbocycles. The molecule has 0 saturated carbocycles. The minimum atomic E-state index is -0.790. The van der Waals surface area contributed by atoms with E-state index in [1.54, 1.807) is 24.1 Å². The van der Waals surface area contributed by atoms with Crippen molar-refractivity contribution in [2.45, 2.75) is 25.3 Å². The molecule has 3 heterocycles. The van der Waals surface area contributed by atoms with E-state index in [0.29, 0.717) is 17.9 Å². The SMILES string of the molecule is CN1CC[C@](C)(c2ccc(Nc3nc(-c4c(F)cccc4F)nc4c3C(=O)NC4)cc2)C1=O. The standard InChI is InChI=1S/C24H21F2N5O2/c1-24(10-11-31(2)23(24)33)13-6-8-14(9-7-13)28-21-19-17(12-27-22(19)32)29-20(30-21)18-15(25)4-3-5-16(18)26/h3-9H,10-12H2,1-2H3,(H,27,32)(H,28,29,30)/t24-/m1/s1. The Bertz CT molecular complexity index is 1270. The molecule has 5 rings (SSSR count). The van der Waals surface area contributed by atoms with Crippen LogP contribution in [0.5, 0.6) is 0 Å². The average Bonchev–Trinajstić information content (AvgIpc) is 3.29. The molecule has 33 heavy (non-hydrogen) atoms. The van der Waals surface area contributed by atoms with Gasteiger partial charge in [0.1, 0.15) is 23.0 Å². The Labute approximate surface area is 188 Å². The number of amides is 2. The number of fused-ring (bicyclic) bond motifs is 1. The minimum absolute atomic E-state index is 0.0741. The van der Waals surface area contributed by atoms with Gasteiger partial charge in [0.25, 0.3) is 5.91 Å². The number of rotatable bonds is 4. The first-order valence-corrected chi connectivity index (χ1v) is 10.5. The van der Waals surface area contributed by atoms with Crippen LogP contribution in [0, 0.1) is 11.6 Å². The van der Waals surface area contributed by atoms with Crippen LogP contribution >= 0.6 is 0 Å². The molecule has 0 bridgehead atoms. The van der Waals surface area contributed by atoms with Gasteiger partial charge in [-0.3, -0.25) is 9.59 Å². The number of hydrogen-bond acceptors (Lipinski definition) is 5. The highest BCUT2D eigenvalue weighted by Gasteiger charge is 2.42. The molecule has 0 spiro atoms. The maximum absolute atomic E-state index is 14.4. The summed E-state index contributed by atoms with van der Waals surface area (Å²) in [5, 5.41) is 5.75. The van der Waals surface area contributed by atoms with Gasteiger partial charge in [-0.1, -0.05) is 18.2 Å².